The monoisotopic (exact) mass is 272 g/mol. The lowest BCUT2D eigenvalue weighted by molar-refractivity contribution is 0.0983. The van der Waals surface area contributed by atoms with Crippen LogP contribution in [-0.2, 0) is 19.4 Å². The van der Waals surface area contributed by atoms with E-state index in [1.165, 1.54) is 6.33 Å². The van der Waals surface area contributed by atoms with Gasteiger partial charge in [-0.25, -0.2) is 9.67 Å². The Balaban J connectivity index is 2.18. The molecule has 0 bridgehead atoms. The van der Waals surface area contributed by atoms with E-state index < -0.39 is 0 Å². The highest BCUT2D eigenvalue weighted by atomic mass is 16.1. The fourth-order valence-electron chi connectivity index (χ4n) is 2.13. The van der Waals surface area contributed by atoms with Crippen LogP contribution in [0.2, 0.25) is 0 Å². The minimum absolute atomic E-state index is 0.000422. The zero-order valence-electron chi connectivity index (χ0n) is 12.2. The summed E-state index contributed by atoms with van der Waals surface area (Å²) in [6.45, 7) is 7.02. The van der Waals surface area contributed by atoms with E-state index in [0.717, 1.165) is 18.5 Å². The molecule has 0 aromatic carbocycles. The van der Waals surface area contributed by atoms with Gasteiger partial charge in [-0.15, -0.1) is 0 Å². The lowest BCUT2D eigenvalue weighted by atomic mass is 10.1. The van der Waals surface area contributed by atoms with Gasteiger partial charge in [0.25, 0.3) is 0 Å². The number of pyridine rings is 1. The van der Waals surface area contributed by atoms with Gasteiger partial charge in [0.05, 0.1) is 6.42 Å². The van der Waals surface area contributed by atoms with Gasteiger partial charge < -0.3 is 0 Å². The summed E-state index contributed by atoms with van der Waals surface area (Å²) in [5, 5.41) is 4.18. The fraction of sp³-hybridized carbons (Fsp3) is 0.467. The summed E-state index contributed by atoms with van der Waals surface area (Å²) < 4.78 is 1.80. The Bertz CT molecular complexity index is 589. The van der Waals surface area contributed by atoms with Gasteiger partial charge >= 0.3 is 0 Å². The van der Waals surface area contributed by atoms with Crippen molar-refractivity contribution in [2.24, 2.45) is 5.92 Å². The van der Waals surface area contributed by atoms with Crippen LogP contribution >= 0.6 is 0 Å². The number of Topliss-reactive ketones (excluding diaryl/α,β-unsaturated/α-hetero) is 1. The Labute approximate surface area is 119 Å². The van der Waals surface area contributed by atoms with Gasteiger partial charge in [0.15, 0.2) is 5.78 Å². The molecule has 2 heterocycles. The van der Waals surface area contributed by atoms with E-state index in [1.807, 2.05) is 19.1 Å². The van der Waals surface area contributed by atoms with E-state index >= 15 is 0 Å². The van der Waals surface area contributed by atoms with Gasteiger partial charge in [-0.2, -0.15) is 5.10 Å². The SMILES string of the molecule is CCc1cccnc1C(=O)Cc1ncnn1CC(C)C. The summed E-state index contributed by atoms with van der Waals surface area (Å²) in [7, 11) is 0. The molecule has 5 heteroatoms. The Morgan fingerprint density at radius 2 is 2.15 bits per heavy atom. The molecule has 0 fully saturated rings. The van der Waals surface area contributed by atoms with E-state index in [-0.39, 0.29) is 12.2 Å². The van der Waals surface area contributed by atoms with Crippen molar-refractivity contribution in [1.82, 2.24) is 19.7 Å². The topological polar surface area (TPSA) is 60.7 Å². The third kappa shape index (κ3) is 3.29. The first-order valence-corrected chi connectivity index (χ1v) is 6.95. The minimum Gasteiger partial charge on any atom is -0.292 e. The van der Waals surface area contributed by atoms with Crippen LogP contribution in [0.25, 0.3) is 0 Å². The van der Waals surface area contributed by atoms with Gasteiger partial charge in [-0.3, -0.25) is 9.78 Å². The minimum atomic E-state index is 0.000422. The van der Waals surface area contributed by atoms with Crippen molar-refractivity contribution in [1.29, 1.82) is 0 Å². The van der Waals surface area contributed by atoms with Gasteiger partial charge in [0, 0.05) is 12.7 Å². The number of aryl methyl sites for hydroxylation is 1. The maximum absolute atomic E-state index is 12.4. The second kappa shape index (κ2) is 6.41. The van der Waals surface area contributed by atoms with E-state index in [0.29, 0.717) is 17.4 Å². The molecule has 106 valence electrons. The van der Waals surface area contributed by atoms with Gasteiger partial charge in [0.1, 0.15) is 17.8 Å². The summed E-state index contributed by atoms with van der Waals surface area (Å²) in [4.78, 5) is 20.8. The van der Waals surface area contributed by atoms with Gasteiger partial charge in [-0.1, -0.05) is 26.8 Å². The van der Waals surface area contributed by atoms with Crippen molar-refractivity contribution in [3.8, 4) is 0 Å². The number of carbonyl (C=O) groups excluding carboxylic acids is 1. The van der Waals surface area contributed by atoms with E-state index in [1.54, 1.807) is 10.9 Å². The van der Waals surface area contributed by atoms with Crippen LogP contribution in [0, 0.1) is 5.92 Å². The summed E-state index contributed by atoms with van der Waals surface area (Å²) >= 11 is 0. The summed E-state index contributed by atoms with van der Waals surface area (Å²) in [6, 6.07) is 3.80. The molecule has 0 saturated carbocycles. The maximum atomic E-state index is 12.4. The number of hydrogen-bond acceptors (Lipinski definition) is 4. The molecule has 5 nitrogen and oxygen atoms in total. The highest BCUT2D eigenvalue weighted by molar-refractivity contribution is 5.96. The number of carbonyl (C=O) groups is 1. The first kappa shape index (κ1) is 14.4. The molecular formula is C15H20N4O. The molecule has 2 aromatic rings. The average Bonchev–Trinajstić information content (AvgIpc) is 2.85. The molecule has 0 radical (unpaired) electrons. The zero-order chi connectivity index (χ0) is 14.5. The normalized spacial score (nSPS) is 11.0. The molecule has 2 rings (SSSR count). The van der Waals surface area contributed by atoms with E-state index in [4.69, 9.17) is 0 Å². The van der Waals surface area contributed by atoms with Crippen LogP contribution in [0.15, 0.2) is 24.7 Å². The maximum Gasteiger partial charge on any atom is 0.189 e. The van der Waals surface area contributed by atoms with Crippen LogP contribution in [0.5, 0.6) is 0 Å². The molecule has 0 spiro atoms. The second-order valence-electron chi connectivity index (χ2n) is 5.22. The molecule has 0 N–H and O–H groups in total. The predicted molar refractivity (Wildman–Crippen MR) is 76.5 cm³/mol. The molecule has 0 aliphatic rings. The van der Waals surface area contributed by atoms with E-state index in [2.05, 4.69) is 28.9 Å². The highest BCUT2D eigenvalue weighted by Gasteiger charge is 2.16. The highest BCUT2D eigenvalue weighted by Crippen LogP contribution is 2.10. The first-order valence-electron chi connectivity index (χ1n) is 6.95. The average molecular weight is 272 g/mol. The molecule has 2 aromatic heterocycles. The number of hydrogen-bond donors (Lipinski definition) is 0. The standard InChI is InChI=1S/C15H20N4O/c1-4-12-6-5-7-16-15(12)13(20)8-14-17-10-18-19(14)9-11(2)3/h5-7,10-11H,4,8-9H2,1-3H3. The molecular weight excluding hydrogens is 252 g/mol. The number of ketones is 1. The smallest absolute Gasteiger partial charge is 0.189 e. The molecule has 0 atom stereocenters. The van der Waals surface area contributed by atoms with Crippen molar-refractivity contribution in [2.75, 3.05) is 0 Å². The predicted octanol–water partition coefficient (Wildman–Crippen LogP) is 2.32. The lowest BCUT2D eigenvalue weighted by Gasteiger charge is -2.09. The Kier molecular flexibility index (Phi) is 4.61. The third-order valence-electron chi connectivity index (χ3n) is 3.09. The van der Waals surface area contributed by atoms with Crippen LogP contribution in [-0.4, -0.2) is 25.5 Å². The summed E-state index contributed by atoms with van der Waals surface area (Å²) in [6.07, 6.45) is 4.21. The van der Waals surface area contributed by atoms with Gasteiger partial charge in [0.2, 0.25) is 0 Å². The quantitative estimate of drug-likeness (QED) is 0.757. The second-order valence-corrected chi connectivity index (χ2v) is 5.22. The Morgan fingerprint density at radius 3 is 2.85 bits per heavy atom. The van der Waals surface area contributed by atoms with Crippen LogP contribution in [0.1, 0.15) is 42.6 Å². The molecule has 0 aliphatic heterocycles. The Morgan fingerprint density at radius 1 is 1.35 bits per heavy atom. The van der Waals surface area contributed by atoms with Crippen LogP contribution in [0.4, 0.5) is 0 Å². The number of rotatable bonds is 6. The third-order valence-corrected chi connectivity index (χ3v) is 3.09. The Hall–Kier alpha value is -2.04. The molecule has 0 amide bonds. The fourth-order valence-corrected chi connectivity index (χ4v) is 2.13. The summed E-state index contributed by atoms with van der Waals surface area (Å²) in [5.74, 6) is 1.17. The zero-order valence-corrected chi connectivity index (χ0v) is 12.2. The molecule has 0 unspecified atom stereocenters. The van der Waals surface area contributed by atoms with Crippen molar-refractivity contribution in [3.05, 3.63) is 41.7 Å². The van der Waals surface area contributed by atoms with Crippen molar-refractivity contribution >= 4 is 5.78 Å². The first-order chi connectivity index (χ1) is 9.61. The molecule has 0 saturated heterocycles. The summed E-state index contributed by atoms with van der Waals surface area (Å²) in [5.41, 5.74) is 1.53. The molecule has 20 heavy (non-hydrogen) atoms. The lowest BCUT2D eigenvalue weighted by Crippen LogP contribution is -2.16. The van der Waals surface area contributed by atoms with Crippen LogP contribution in [0.3, 0.4) is 0 Å². The van der Waals surface area contributed by atoms with Crippen LogP contribution < -0.4 is 0 Å². The van der Waals surface area contributed by atoms with Gasteiger partial charge in [-0.05, 0) is 24.0 Å². The van der Waals surface area contributed by atoms with Crippen molar-refractivity contribution in [3.63, 3.8) is 0 Å². The van der Waals surface area contributed by atoms with E-state index in [9.17, 15) is 4.79 Å². The number of nitrogens with zero attached hydrogens (tertiary/aromatic N) is 4. The van der Waals surface area contributed by atoms with Crippen molar-refractivity contribution < 1.29 is 4.79 Å². The molecule has 0 aliphatic carbocycles. The largest absolute Gasteiger partial charge is 0.292 e. The number of aromatic nitrogens is 4. The van der Waals surface area contributed by atoms with Crippen molar-refractivity contribution in [2.45, 2.75) is 40.2 Å².